The zero-order valence-electron chi connectivity index (χ0n) is 24.1. The smallest absolute Gasteiger partial charge is 0.246 e. The first-order chi connectivity index (χ1) is 19.5. The van der Waals surface area contributed by atoms with Crippen molar-refractivity contribution in [3.8, 4) is 6.07 Å². The van der Waals surface area contributed by atoms with Gasteiger partial charge >= 0.3 is 0 Å². The van der Waals surface area contributed by atoms with Gasteiger partial charge in [0.1, 0.15) is 17.9 Å². The minimum absolute atomic E-state index is 0.0288. The van der Waals surface area contributed by atoms with Crippen LogP contribution in [0.4, 0.5) is 5.69 Å². The number of nitrogens with one attached hydrogen (secondary N) is 1. The van der Waals surface area contributed by atoms with Gasteiger partial charge in [-0.2, -0.15) is 5.26 Å². The number of nitrogens with zero attached hydrogens (tertiary/aromatic N) is 3. The molecule has 2 aromatic carbocycles. The molecule has 0 aromatic heterocycles. The van der Waals surface area contributed by atoms with Gasteiger partial charge in [-0.25, -0.2) is 0 Å². The number of amides is 3. The van der Waals surface area contributed by atoms with Gasteiger partial charge in [0.2, 0.25) is 17.7 Å². The zero-order chi connectivity index (χ0) is 29.4. The summed E-state index contributed by atoms with van der Waals surface area (Å²) in [5, 5.41) is 12.9. The first-order valence-electron chi connectivity index (χ1n) is 14.5. The van der Waals surface area contributed by atoms with Crippen molar-refractivity contribution < 1.29 is 19.2 Å². The van der Waals surface area contributed by atoms with Crippen molar-refractivity contribution in [2.24, 2.45) is 11.3 Å². The molecule has 0 bridgehead atoms. The predicted molar refractivity (Wildman–Crippen MR) is 155 cm³/mol. The standard InChI is InChI=1S/C33H38N4O4/c1-32(2,3)26(18-24(38)16-15-22-10-5-4-6-11-22)29(39)36-17-9-14-28(36)30(40)37-21-33(19-23(37)20-34)25-12-7-8-13-27(25)35-31(33)41/h4-8,10-13,23,26,28H,9,14-19,21H2,1-3H3,(H,35,41)/t23-,26?,28-,33-/m0/s1. The van der Waals surface area contributed by atoms with Gasteiger partial charge in [-0.15, -0.1) is 0 Å². The third-order valence-electron chi connectivity index (χ3n) is 9.05. The largest absolute Gasteiger partial charge is 0.330 e. The quantitative estimate of drug-likeness (QED) is 0.550. The van der Waals surface area contributed by atoms with Crippen LogP contribution in [-0.4, -0.2) is 58.5 Å². The average molecular weight is 555 g/mol. The van der Waals surface area contributed by atoms with Crippen molar-refractivity contribution in [2.75, 3.05) is 18.4 Å². The lowest BCUT2D eigenvalue weighted by molar-refractivity contribution is -0.149. The third kappa shape index (κ3) is 5.38. The number of hydrogen-bond donors (Lipinski definition) is 1. The third-order valence-corrected chi connectivity index (χ3v) is 9.05. The minimum atomic E-state index is -0.973. The molecule has 1 spiro atoms. The van der Waals surface area contributed by atoms with Crippen molar-refractivity contribution in [1.29, 1.82) is 5.26 Å². The summed E-state index contributed by atoms with van der Waals surface area (Å²) in [6.45, 7) is 6.41. The van der Waals surface area contributed by atoms with Gasteiger partial charge in [0.25, 0.3) is 0 Å². The molecule has 4 atom stereocenters. The molecule has 214 valence electrons. The molecule has 1 unspecified atom stereocenters. The van der Waals surface area contributed by atoms with Crippen LogP contribution in [-0.2, 0) is 31.0 Å². The number of aryl methyl sites for hydroxylation is 1. The van der Waals surface area contributed by atoms with E-state index in [9.17, 15) is 24.4 Å². The molecule has 3 aliphatic heterocycles. The molecule has 2 aromatic rings. The highest BCUT2D eigenvalue weighted by Gasteiger charge is 2.57. The Labute approximate surface area is 241 Å². The fraction of sp³-hybridized carbons (Fsp3) is 0.485. The molecule has 3 heterocycles. The van der Waals surface area contributed by atoms with Crippen LogP contribution in [0.5, 0.6) is 0 Å². The fourth-order valence-corrected chi connectivity index (χ4v) is 6.69. The number of anilines is 1. The molecule has 5 rings (SSSR count). The first kappa shape index (κ1) is 28.5. The van der Waals surface area contributed by atoms with E-state index in [4.69, 9.17) is 0 Å². The highest BCUT2D eigenvalue weighted by Crippen LogP contribution is 2.46. The molecule has 1 N–H and O–H groups in total. The van der Waals surface area contributed by atoms with Crippen molar-refractivity contribution >= 4 is 29.2 Å². The monoisotopic (exact) mass is 554 g/mol. The normalized spacial score (nSPS) is 24.2. The van der Waals surface area contributed by atoms with Gasteiger partial charge in [0, 0.05) is 44.0 Å². The van der Waals surface area contributed by atoms with Gasteiger partial charge in [0.15, 0.2) is 0 Å². The Morgan fingerprint density at radius 3 is 2.49 bits per heavy atom. The van der Waals surface area contributed by atoms with E-state index < -0.39 is 28.8 Å². The van der Waals surface area contributed by atoms with Gasteiger partial charge in [-0.05, 0) is 41.9 Å². The maximum Gasteiger partial charge on any atom is 0.246 e. The van der Waals surface area contributed by atoms with Crippen LogP contribution in [0.3, 0.4) is 0 Å². The summed E-state index contributed by atoms with van der Waals surface area (Å²) >= 11 is 0. The van der Waals surface area contributed by atoms with E-state index in [1.165, 1.54) is 4.90 Å². The van der Waals surface area contributed by atoms with Crippen LogP contribution in [0, 0.1) is 22.7 Å². The second-order valence-corrected chi connectivity index (χ2v) is 12.7. The van der Waals surface area contributed by atoms with E-state index in [0.29, 0.717) is 37.9 Å². The number of Topliss-reactive ketones (excluding diaryl/α,β-unsaturated/α-hetero) is 1. The van der Waals surface area contributed by atoms with Crippen molar-refractivity contribution in [3.05, 3.63) is 65.7 Å². The number of likely N-dealkylation sites (tertiary alicyclic amines) is 2. The van der Waals surface area contributed by atoms with Gasteiger partial charge in [-0.3, -0.25) is 19.2 Å². The highest BCUT2D eigenvalue weighted by atomic mass is 16.2. The molecule has 3 aliphatic rings. The van der Waals surface area contributed by atoms with Gasteiger partial charge < -0.3 is 15.1 Å². The molecule has 0 aliphatic carbocycles. The lowest BCUT2D eigenvalue weighted by Gasteiger charge is -2.36. The Morgan fingerprint density at radius 1 is 1.07 bits per heavy atom. The molecular weight excluding hydrogens is 516 g/mol. The van der Waals surface area contributed by atoms with Crippen molar-refractivity contribution in [1.82, 2.24) is 9.80 Å². The topological polar surface area (TPSA) is 111 Å². The predicted octanol–water partition coefficient (Wildman–Crippen LogP) is 4.25. The Hall–Kier alpha value is -3.99. The lowest BCUT2D eigenvalue weighted by Crippen LogP contribution is -2.52. The van der Waals surface area contributed by atoms with Crippen molar-refractivity contribution in [2.45, 2.75) is 76.8 Å². The molecule has 2 saturated heterocycles. The lowest BCUT2D eigenvalue weighted by atomic mass is 9.76. The van der Waals surface area contributed by atoms with Crippen LogP contribution < -0.4 is 5.32 Å². The van der Waals surface area contributed by atoms with E-state index in [2.05, 4.69) is 11.4 Å². The number of benzene rings is 2. The van der Waals surface area contributed by atoms with Gasteiger partial charge in [-0.1, -0.05) is 69.3 Å². The Balaban J connectivity index is 1.32. The fourth-order valence-electron chi connectivity index (χ4n) is 6.69. The maximum absolute atomic E-state index is 14.0. The molecule has 3 amide bonds. The number of para-hydroxylation sites is 1. The SMILES string of the molecule is CC(C)(C)C(CC(=O)CCc1ccccc1)C(=O)N1CCC[C@H]1C(=O)N1C[C@]2(C[C@H]1C#N)C(=O)Nc1ccccc12. The van der Waals surface area contributed by atoms with Crippen LogP contribution >= 0.6 is 0 Å². The molecule has 8 heteroatoms. The number of nitriles is 1. The summed E-state index contributed by atoms with van der Waals surface area (Å²) in [5.41, 5.74) is 1.15. The first-order valence-corrected chi connectivity index (χ1v) is 14.5. The molecule has 41 heavy (non-hydrogen) atoms. The molecule has 0 radical (unpaired) electrons. The zero-order valence-corrected chi connectivity index (χ0v) is 24.1. The molecule has 0 saturated carbocycles. The maximum atomic E-state index is 14.0. The van der Waals surface area contributed by atoms with E-state index >= 15 is 0 Å². The van der Waals surface area contributed by atoms with E-state index in [0.717, 1.165) is 11.1 Å². The van der Waals surface area contributed by atoms with E-state index in [1.54, 1.807) is 4.90 Å². The number of carbonyl (C=O) groups excluding carboxylic acids is 4. The number of fused-ring (bicyclic) bond motifs is 2. The number of carbonyl (C=O) groups is 4. The highest BCUT2D eigenvalue weighted by molar-refractivity contribution is 6.07. The minimum Gasteiger partial charge on any atom is -0.330 e. The Kier molecular flexibility index (Phi) is 7.74. The van der Waals surface area contributed by atoms with Gasteiger partial charge in [0.05, 0.1) is 11.5 Å². The molecular formula is C33H38N4O4. The second-order valence-electron chi connectivity index (χ2n) is 12.7. The Morgan fingerprint density at radius 2 is 1.78 bits per heavy atom. The molecule has 2 fully saturated rings. The summed E-state index contributed by atoms with van der Waals surface area (Å²) in [6.07, 6.45) is 2.48. The number of ketones is 1. The summed E-state index contributed by atoms with van der Waals surface area (Å²) in [4.78, 5) is 57.4. The average Bonchev–Trinajstić information content (AvgIpc) is 3.67. The number of rotatable bonds is 7. The van der Waals surface area contributed by atoms with Crippen LogP contribution in [0.15, 0.2) is 54.6 Å². The van der Waals surface area contributed by atoms with E-state index in [-0.39, 0.29) is 42.9 Å². The summed E-state index contributed by atoms with van der Waals surface area (Å²) < 4.78 is 0. The van der Waals surface area contributed by atoms with Crippen molar-refractivity contribution in [3.63, 3.8) is 0 Å². The summed E-state index contributed by atoms with van der Waals surface area (Å²) in [6, 6.07) is 18.0. The number of hydrogen-bond acceptors (Lipinski definition) is 5. The summed E-state index contributed by atoms with van der Waals surface area (Å²) in [7, 11) is 0. The summed E-state index contributed by atoms with van der Waals surface area (Å²) in [5.74, 6) is -1.22. The molecule has 8 nitrogen and oxygen atoms in total. The van der Waals surface area contributed by atoms with E-state index in [1.807, 2.05) is 75.4 Å². The van der Waals surface area contributed by atoms with Crippen LogP contribution in [0.2, 0.25) is 0 Å². The van der Waals surface area contributed by atoms with Crippen LogP contribution in [0.25, 0.3) is 0 Å². The second kappa shape index (κ2) is 11.1. The van der Waals surface area contributed by atoms with Crippen LogP contribution in [0.1, 0.15) is 64.0 Å². The Bertz CT molecular complexity index is 1390.